The van der Waals surface area contributed by atoms with E-state index in [0.717, 1.165) is 5.56 Å². The molecule has 0 fully saturated rings. The van der Waals surface area contributed by atoms with E-state index in [1.807, 2.05) is 30.3 Å². The van der Waals surface area contributed by atoms with E-state index in [-0.39, 0.29) is 5.91 Å². The number of amides is 1. The van der Waals surface area contributed by atoms with Crippen molar-refractivity contribution in [1.29, 1.82) is 0 Å². The molecule has 0 bridgehead atoms. The molecule has 5 N–H and O–H groups in total. The second-order valence-electron chi connectivity index (χ2n) is 4.75. The highest BCUT2D eigenvalue weighted by Crippen LogP contribution is 2.15. The third-order valence-corrected chi connectivity index (χ3v) is 2.90. The first kappa shape index (κ1) is 15.6. The third kappa shape index (κ3) is 4.93. The molecule has 0 saturated heterocycles. The fourth-order valence-electron chi connectivity index (χ4n) is 1.81. The van der Waals surface area contributed by atoms with E-state index in [9.17, 15) is 4.79 Å². The van der Waals surface area contributed by atoms with Crippen molar-refractivity contribution in [1.82, 2.24) is 15.3 Å². The molecule has 1 aromatic heterocycles. The summed E-state index contributed by atoms with van der Waals surface area (Å²) in [6.45, 7) is 3.16. The summed E-state index contributed by atoms with van der Waals surface area (Å²) in [7, 11) is 0. The fourth-order valence-corrected chi connectivity index (χ4v) is 1.81. The summed E-state index contributed by atoms with van der Waals surface area (Å²) < 4.78 is 0. The molecule has 7 nitrogen and oxygen atoms in total. The van der Waals surface area contributed by atoms with Gasteiger partial charge in [0.15, 0.2) is 5.82 Å². The molecule has 1 aromatic carbocycles. The molecule has 0 unspecified atom stereocenters. The van der Waals surface area contributed by atoms with Crippen LogP contribution < -0.4 is 21.7 Å². The smallest absolute Gasteiger partial charge is 0.225 e. The van der Waals surface area contributed by atoms with Crippen LogP contribution in [0, 0.1) is 0 Å². The minimum atomic E-state index is -0.0670. The summed E-state index contributed by atoms with van der Waals surface area (Å²) in [4.78, 5) is 19.3. The van der Waals surface area contributed by atoms with Crippen LogP contribution in [0.1, 0.15) is 12.5 Å². The summed E-state index contributed by atoms with van der Waals surface area (Å²) >= 11 is 0. The lowest BCUT2D eigenvalue weighted by Gasteiger charge is -2.11. The number of rotatable bonds is 7. The highest BCUT2D eigenvalue weighted by molar-refractivity contribution is 5.72. The van der Waals surface area contributed by atoms with E-state index >= 15 is 0 Å². The van der Waals surface area contributed by atoms with Gasteiger partial charge in [0.25, 0.3) is 0 Å². The topological polar surface area (TPSA) is 105 Å². The van der Waals surface area contributed by atoms with Crippen LogP contribution >= 0.6 is 0 Å². The van der Waals surface area contributed by atoms with Crippen LogP contribution in [0.3, 0.4) is 0 Å². The Labute approximate surface area is 129 Å². The van der Waals surface area contributed by atoms with Gasteiger partial charge in [-0.05, 0) is 5.56 Å². The number of nitrogens with zero attached hydrogens (tertiary/aromatic N) is 2. The number of hydrogen-bond donors (Lipinski definition) is 4. The van der Waals surface area contributed by atoms with Gasteiger partial charge in [-0.3, -0.25) is 4.79 Å². The summed E-state index contributed by atoms with van der Waals surface area (Å²) in [5.74, 6) is 0.985. The Bertz CT molecular complexity index is 617. The molecule has 1 amide bonds. The zero-order valence-corrected chi connectivity index (χ0v) is 12.5. The Morgan fingerprint density at radius 1 is 1.18 bits per heavy atom. The van der Waals surface area contributed by atoms with Crippen molar-refractivity contribution >= 4 is 23.4 Å². The average molecular weight is 300 g/mol. The molecule has 0 aliphatic carbocycles. The average Bonchev–Trinajstić information content (AvgIpc) is 2.52. The number of carbonyl (C=O) groups excluding carboxylic acids is 1. The fraction of sp³-hybridized carbons (Fsp3) is 0.267. The molecular weight excluding hydrogens is 280 g/mol. The molecule has 0 aliphatic rings. The third-order valence-electron chi connectivity index (χ3n) is 2.90. The van der Waals surface area contributed by atoms with Gasteiger partial charge >= 0.3 is 0 Å². The van der Waals surface area contributed by atoms with Crippen LogP contribution in [0.2, 0.25) is 0 Å². The molecule has 22 heavy (non-hydrogen) atoms. The van der Waals surface area contributed by atoms with E-state index < -0.39 is 0 Å². The van der Waals surface area contributed by atoms with Crippen LogP contribution in [0.4, 0.5) is 17.5 Å². The second-order valence-corrected chi connectivity index (χ2v) is 4.75. The molecule has 0 atom stereocenters. The predicted molar refractivity (Wildman–Crippen MR) is 87.4 cm³/mol. The maximum Gasteiger partial charge on any atom is 0.225 e. The Kier molecular flexibility index (Phi) is 5.53. The molecule has 0 aliphatic heterocycles. The number of anilines is 3. The first-order valence-corrected chi connectivity index (χ1v) is 7.04. The molecule has 116 valence electrons. The van der Waals surface area contributed by atoms with Gasteiger partial charge in [0.05, 0.1) is 11.9 Å². The first-order chi connectivity index (χ1) is 10.6. The lowest BCUT2D eigenvalue weighted by atomic mass is 10.2. The molecule has 7 heteroatoms. The zero-order valence-electron chi connectivity index (χ0n) is 12.5. The van der Waals surface area contributed by atoms with E-state index in [1.165, 1.54) is 6.92 Å². The predicted octanol–water partition coefficient (Wildman–Crippen LogP) is 1.22. The molecular formula is C15H20N6O. The Balaban J connectivity index is 1.90. The maximum absolute atomic E-state index is 10.8. The van der Waals surface area contributed by atoms with Crippen molar-refractivity contribution in [2.24, 2.45) is 0 Å². The lowest BCUT2D eigenvalue weighted by Crippen LogP contribution is -2.26. The summed E-state index contributed by atoms with van der Waals surface area (Å²) in [6, 6.07) is 9.99. The zero-order chi connectivity index (χ0) is 15.8. The number of nitrogens with one attached hydrogen (secondary N) is 3. The number of hydrogen-bond acceptors (Lipinski definition) is 6. The van der Waals surface area contributed by atoms with Gasteiger partial charge in [0.1, 0.15) is 0 Å². The van der Waals surface area contributed by atoms with Gasteiger partial charge in [-0.2, -0.15) is 4.98 Å². The van der Waals surface area contributed by atoms with Gasteiger partial charge in [-0.25, -0.2) is 4.98 Å². The maximum atomic E-state index is 10.8. The van der Waals surface area contributed by atoms with Crippen LogP contribution in [-0.4, -0.2) is 29.0 Å². The largest absolute Gasteiger partial charge is 0.394 e. The molecule has 0 radical (unpaired) electrons. The molecule has 0 spiro atoms. The van der Waals surface area contributed by atoms with E-state index in [0.29, 0.717) is 37.1 Å². The molecule has 0 saturated carbocycles. The van der Waals surface area contributed by atoms with Gasteiger partial charge in [-0.15, -0.1) is 0 Å². The van der Waals surface area contributed by atoms with Crippen molar-refractivity contribution in [3.63, 3.8) is 0 Å². The van der Waals surface area contributed by atoms with E-state index in [2.05, 4.69) is 25.9 Å². The summed E-state index contributed by atoms with van der Waals surface area (Å²) in [6.07, 6.45) is 1.56. The number of carbonyl (C=O) groups is 1. The van der Waals surface area contributed by atoms with Gasteiger partial charge < -0.3 is 21.7 Å². The lowest BCUT2D eigenvalue weighted by molar-refractivity contribution is -0.118. The number of aromatic nitrogens is 2. The molecule has 2 rings (SSSR count). The van der Waals surface area contributed by atoms with Crippen LogP contribution in [0.25, 0.3) is 0 Å². The standard InChI is InChI=1S/C15H20N6O/c1-11(22)17-7-8-18-14-13(16)10-20-15(21-14)19-9-12-5-3-2-4-6-12/h2-6,10H,7-9,16H2,1H3,(H,17,22)(H2,18,19,20,21). The minimum absolute atomic E-state index is 0.0670. The van der Waals surface area contributed by atoms with Crippen molar-refractivity contribution in [2.45, 2.75) is 13.5 Å². The van der Waals surface area contributed by atoms with Crippen LogP contribution in [0.5, 0.6) is 0 Å². The second kappa shape index (κ2) is 7.82. The van der Waals surface area contributed by atoms with Crippen LogP contribution in [-0.2, 0) is 11.3 Å². The van der Waals surface area contributed by atoms with Gasteiger partial charge in [0.2, 0.25) is 11.9 Å². The molecule has 2 aromatic rings. The quantitative estimate of drug-likeness (QED) is 0.573. The highest BCUT2D eigenvalue weighted by Gasteiger charge is 2.04. The van der Waals surface area contributed by atoms with E-state index in [1.54, 1.807) is 6.20 Å². The minimum Gasteiger partial charge on any atom is -0.394 e. The summed E-state index contributed by atoms with van der Waals surface area (Å²) in [5.41, 5.74) is 7.44. The van der Waals surface area contributed by atoms with Gasteiger partial charge in [0, 0.05) is 26.6 Å². The SMILES string of the molecule is CC(=O)NCCNc1nc(NCc2ccccc2)ncc1N. The monoisotopic (exact) mass is 300 g/mol. The highest BCUT2D eigenvalue weighted by atomic mass is 16.1. The molecule has 1 heterocycles. The Hall–Kier alpha value is -2.83. The van der Waals surface area contributed by atoms with Crippen molar-refractivity contribution in [2.75, 3.05) is 29.5 Å². The van der Waals surface area contributed by atoms with E-state index in [4.69, 9.17) is 5.73 Å². The van der Waals surface area contributed by atoms with Crippen molar-refractivity contribution < 1.29 is 4.79 Å². The number of benzene rings is 1. The normalized spacial score (nSPS) is 10.0. The Morgan fingerprint density at radius 3 is 2.68 bits per heavy atom. The van der Waals surface area contributed by atoms with Gasteiger partial charge in [-0.1, -0.05) is 30.3 Å². The first-order valence-electron chi connectivity index (χ1n) is 7.04. The van der Waals surface area contributed by atoms with Crippen LogP contribution in [0.15, 0.2) is 36.5 Å². The van der Waals surface area contributed by atoms with Crippen molar-refractivity contribution in [3.05, 3.63) is 42.1 Å². The summed E-state index contributed by atoms with van der Waals surface area (Å²) in [5, 5.41) is 8.92. The Morgan fingerprint density at radius 2 is 1.95 bits per heavy atom. The van der Waals surface area contributed by atoms with Crippen molar-refractivity contribution in [3.8, 4) is 0 Å². The number of nitrogens with two attached hydrogens (primary N) is 1. The number of nitrogen functional groups attached to an aromatic ring is 1.